The number of anilines is 1. The summed E-state index contributed by atoms with van der Waals surface area (Å²) >= 11 is 0. The molecule has 3 aromatic rings. The fourth-order valence-electron chi connectivity index (χ4n) is 2.62. The van der Waals surface area contributed by atoms with Crippen molar-refractivity contribution in [3.8, 4) is 0 Å². The Bertz CT molecular complexity index is 1020. The van der Waals surface area contributed by atoms with Gasteiger partial charge in [0.05, 0.1) is 5.52 Å². The summed E-state index contributed by atoms with van der Waals surface area (Å²) in [4.78, 5) is 24.9. The van der Waals surface area contributed by atoms with Crippen molar-refractivity contribution in [3.63, 3.8) is 0 Å². The zero-order chi connectivity index (χ0) is 18.1. The first-order valence-corrected chi connectivity index (χ1v) is 7.49. The van der Waals surface area contributed by atoms with Crippen LogP contribution in [0.3, 0.4) is 0 Å². The lowest BCUT2D eigenvalue weighted by Gasteiger charge is -2.12. The minimum Gasteiger partial charge on any atom is -0.347 e. The van der Waals surface area contributed by atoms with Crippen LogP contribution in [0.5, 0.6) is 0 Å². The zero-order valence-corrected chi connectivity index (χ0v) is 13.1. The van der Waals surface area contributed by atoms with E-state index in [-0.39, 0.29) is 16.6 Å². The molecular weight excluding hydrogens is 333 g/mol. The summed E-state index contributed by atoms with van der Waals surface area (Å²) < 4.78 is 41.6. The van der Waals surface area contributed by atoms with Crippen LogP contribution in [0.2, 0.25) is 0 Å². The molecule has 3 rings (SSSR count). The third kappa shape index (κ3) is 3.26. The molecule has 128 valence electrons. The molecule has 0 aliphatic heterocycles. The molecule has 1 heterocycles. The Morgan fingerprint density at radius 3 is 2.36 bits per heavy atom. The molecule has 0 radical (unpaired) electrons. The van der Waals surface area contributed by atoms with Crippen molar-refractivity contribution >= 4 is 22.5 Å². The van der Waals surface area contributed by atoms with E-state index in [0.29, 0.717) is 18.1 Å². The van der Waals surface area contributed by atoms with Gasteiger partial charge in [-0.25, -0.2) is 13.2 Å². The highest BCUT2D eigenvalue weighted by molar-refractivity contribution is 6.05. The summed E-state index contributed by atoms with van der Waals surface area (Å²) in [7, 11) is 0. The first kappa shape index (κ1) is 16.8. The smallest absolute Gasteiger partial charge is 0.261 e. The van der Waals surface area contributed by atoms with E-state index in [0.717, 1.165) is 18.2 Å². The van der Waals surface area contributed by atoms with Gasteiger partial charge in [0, 0.05) is 29.9 Å². The number of carbonyl (C=O) groups excluding carboxylic acids is 1. The number of amides is 1. The van der Waals surface area contributed by atoms with Crippen molar-refractivity contribution in [2.45, 2.75) is 13.5 Å². The second kappa shape index (κ2) is 6.43. The molecule has 1 amide bonds. The van der Waals surface area contributed by atoms with Crippen molar-refractivity contribution in [1.82, 2.24) is 4.57 Å². The van der Waals surface area contributed by atoms with Crippen LogP contribution in [-0.2, 0) is 6.54 Å². The maximum atomic E-state index is 13.5. The Balaban J connectivity index is 2.09. The number of nitrogens with zero attached hydrogens (tertiary/aromatic N) is 1. The van der Waals surface area contributed by atoms with Gasteiger partial charge in [0.15, 0.2) is 0 Å². The highest BCUT2D eigenvalue weighted by Gasteiger charge is 2.16. The second-order valence-corrected chi connectivity index (χ2v) is 5.43. The topological polar surface area (TPSA) is 51.1 Å². The van der Waals surface area contributed by atoms with Crippen molar-refractivity contribution < 1.29 is 18.0 Å². The van der Waals surface area contributed by atoms with Crippen LogP contribution in [0.4, 0.5) is 18.9 Å². The average Bonchev–Trinajstić information content (AvgIpc) is 2.54. The maximum Gasteiger partial charge on any atom is 0.261 e. The summed E-state index contributed by atoms with van der Waals surface area (Å²) in [5.41, 5.74) is -0.537. The summed E-state index contributed by atoms with van der Waals surface area (Å²) in [5, 5.41) is 2.34. The van der Waals surface area contributed by atoms with Crippen LogP contribution in [0.25, 0.3) is 10.9 Å². The van der Waals surface area contributed by atoms with Gasteiger partial charge in [0.2, 0.25) is 5.43 Å². The Kier molecular flexibility index (Phi) is 4.31. The van der Waals surface area contributed by atoms with Crippen LogP contribution in [0.1, 0.15) is 17.3 Å². The number of carbonyl (C=O) groups is 1. The van der Waals surface area contributed by atoms with Gasteiger partial charge in [-0.05, 0) is 37.3 Å². The van der Waals surface area contributed by atoms with E-state index in [2.05, 4.69) is 5.32 Å². The molecule has 25 heavy (non-hydrogen) atoms. The number of aryl methyl sites for hydroxylation is 1. The molecule has 2 aromatic carbocycles. The van der Waals surface area contributed by atoms with E-state index < -0.39 is 28.8 Å². The fraction of sp³-hybridized carbons (Fsp3) is 0.111. The van der Waals surface area contributed by atoms with E-state index in [9.17, 15) is 22.8 Å². The SMILES string of the molecule is CCn1cc(C(=O)Nc2cc(F)cc(F)c2)c(=O)c2cc(F)ccc21. The number of hydrogen-bond acceptors (Lipinski definition) is 2. The van der Waals surface area contributed by atoms with E-state index in [4.69, 9.17) is 0 Å². The first-order chi connectivity index (χ1) is 11.9. The molecule has 1 N–H and O–H groups in total. The number of nitrogens with one attached hydrogen (secondary N) is 1. The standard InChI is InChI=1S/C18H13F3N2O2/c1-2-23-9-15(17(24)14-8-10(19)3-4-16(14)23)18(25)22-13-6-11(20)5-12(21)7-13/h3-9H,2H2,1H3,(H,22,25). The molecule has 1 aromatic heterocycles. The molecule has 4 nitrogen and oxygen atoms in total. The molecule has 0 unspecified atom stereocenters. The minimum absolute atomic E-state index is 0.0555. The number of fused-ring (bicyclic) bond motifs is 1. The Labute approximate surface area is 140 Å². The van der Waals surface area contributed by atoms with Gasteiger partial charge in [0.25, 0.3) is 5.91 Å². The molecule has 0 atom stereocenters. The van der Waals surface area contributed by atoms with Gasteiger partial charge in [-0.3, -0.25) is 9.59 Å². The number of pyridine rings is 1. The molecule has 0 aliphatic rings. The number of halogens is 3. The predicted octanol–water partition coefficient (Wildman–Crippen LogP) is 3.69. The number of rotatable bonds is 3. The van der Waals surface area contributed by atoms with E-state index in [1.807, 2.05) is 0 Å². The lowest BCUT2D eigenvalue weighted by molar-refractivity contribution is 0.102. The van der Waals surface area contributed by atoms with Crippen molar-refractivity contribution in [3.05, 3.63) is 75.8 Å². The minimum atomic E-state index is -0.859. The third-order valence-electron chi connectivity index (χ3n) is 3.75. The molecule has 0 fully saturated rings. The largest absolute Gasteiger partial charge is 0.347 e. The van der Waals surface area contributed by atoms with Gasteiger partial charge in [-0.15, -0.1) is 0 Å². The summed E-state index contributed by atoms with van der Waals surface area (Å²) in [6, 6.07) is 6.27. The van der Waals surface area contributed by atoms with E-state index in [1.54, 1.807) is 11.5 Å². The van der Waals surface area contributed by atoms with Crippen molar-refractivity contribution in [1.29, 1.82) is 0 Å². The highest BCUT2D eigenvalue weighted by Crippen LogP contribution is 2.16. The number of hydrogen-bond donors (Lipinski definition) is 1. The molecule has 0 bridgehead atoms. The quantitative estimate of drug-likeness (QED) is 0.786. The molecule has 0 aliphatic carbocycles. The molecule has 0 saturated heterocycles. The second-order valence-electron chi connectivity index (χ2n) is 5.43. The zero-order valence-electron chi connectivity index (χ0n) is 13.1. The van der Waals surface area contributed by atoms with Crippen LogP contribution in [-0.4, -0.2) is 10.5 Å². The lowest BCUT2D eigenvalue weighted by atomic mass is 10.1. The van der Waals surface area contributed by atoms with Gasteiger partial charge in [0.1, 0.15) is 23.0 Å². The first-order valence-electron chi connectivity index (χ1n) is 7.49. The Hall–Kier alpha value is -3.09. The fourth-order valence-corrected chi connectivity index (χ4v) is 2.62. The van der Waals surface area contributed by atoms with Crippen LogP contribution >= 0.6 is 0 Å². The molecule has 0 saturated carbocycles. The normalized spacial score (nSPS) is 10.9. The number of benzene rings is 2. The average molecular weight is 346 g/mol. The van der Waals surface area contributed by atoms with Crippen LogP contribution in [0.15, 0.2) is 47.4 Å². The monoisotopic (exact) mass is 346 g/mol. The van der Waals surface area contributed by atoms with Crippen molar-refractivity contribution in [2.24, 2.45) is 0 Å². The Morgan fingerprint density at radius 1 is 1.04 bits per heavy atom. The van der Waals surface area contributed by atoms with Gasteiger partial charge >= 0.3 is 0 Å². The van der Waals surface area contributed by atoms with Gasteiger partial charge < -0.3 is 9.88 Å². The van der Waals surface area contributed by atoms with Crippen molar-refractivity contribution in [2.75, 3.05) is 5.32 Å². The van der Waals surface area contributed by atoms with Gasteiger partial charge in [-0.1, -0.05) is 0 Å². The highest BCUT2D eigenvalue weighted by atomic mass is 19.1. The van der Waals surface area contributed by atoms with Gasteiger partial charge in [-0.2, -0.15) is 0 Å². The Morgan fingerprint density at radius 2 is 1.72 bits per heavy atom. The lowest BCUT2D eigenvalue weighted by Crippen LogP contribution is -2.24. The maximum absolute atomic E-state index is 13.5. The van der Waals surface area contributed by atoms with Crippen LogP contribution < -0.4 is 10.7 Å². The molecule has 0 spiro atoms. The summed E-state index contributed by atoms with van der Waals surface area (Å²) in [6.45, 7) is 2.24. The van der Waals surface area contributed by atoms with E-state index in [1.165, 1.54) is 18.3 Å². The third-order valence-corrected chi connectivity index (χ3v) is 3.75. The number of aromatic nitrogens is 1. The molecular formula is C18H13F3N2O2. The summed E-state index contributed by atoms with van der Waals surface area (Å²) in [6.07, 6.45) is 1.34. The molecule has 7 heteroatoms. The van der Waals surface area contributed by atoms with Crippen LogP contribution in [0, 0.1) is 17.5 Å². The predicted molar refractivity (Wildman–Crippen MR) is 88.2 cm³/mol. The van der Waals surface area contributed by atoms with E-state index >= 15 is 0 Å². The summed E-state index contributed by atoms with van der Waals surface area (Å²) in [5.74, 6) is -3.15.